The number of pyridine rings is 1. The molecule has 0 spiro atoms. The molecule has 0 bridgehead atoms. The maximum absolute atomic E-state index is 12.9. The fourth-order valence-corrected chi connectivity index (χ4v) is 3.10. The van der Waals surface area contributed by atoms with Crippen LogP contribution >= 0.6 is 0 Å². The Morgan fingerprint density at radius 3 is 2.58 bits per heavy atom. The summed E-state index contributed by atoms with van der Waals surface area (Å²) in [4.78, 5) is 21.2. The van der Waals surface area contributed by atoms with Gasteiger partial charge >= 0.3 is 0 Å². The van der Waals surface area contributed by atoms with Gasteiger partial charge in [-0.05, 0) is 42.8 Å². The number of rotatable bonds is 6. The first kappa shape index (κ1) is 18.3. The van der Waals surface area contributed by atoms with Crippen LogP contribution in [0.2, 0.25) is 0 Å². The van der Waals surface area contributed by atoms with Crippen molar-refractivity contribution in [2.45, 2.75) is 13.3 Å². The number of carbonyl (C=O) groups excluding carboxylic acids is 1. The van der Waals surface area contributed by atoms with Crippen molar-refractivity contribution in [3.63, 3.8) is 0 Å². The second-order valence-corrected chi connectivity index (χ2v) is 6.46. The quantitative estimate of drug-likeness (QED) is 0.864. The molecule has 1 aromatic carbocycles. The maximum Gasteiger partial charge on any atom is 0.254 e. The van der Waals surface area contributed by atoms with Crippen molar-refractivity contribution < 1.29 is 9.18 Å². The average molecular weight is 356 g/mol. The number of hydrogen-bond donors (Lipinski definition) is 1. The van der Waals surface area contributed by atoms with Crippen molar-refractivity contribution in [3.8, 4) is 0 Å². The van der Waals surface area contributed by atoms with E-state index in [0.717, 1.165) is 44.7 Å². The molecule has 2 aromatic rings. The van der Waals surface area contributed by atoms with E-state index in [2.05, 4.69) is 22.1 Å². The Morgan fingerprint density at radius 1 is 1.15 bits per heavy atom. The number of nitrogens with zero attached hydrogens (tertiary/aromatic N) is 3. The SMILES string of the molecule is CCN1CCN(C(=O)c2ccnc(NCCc3ccc(F)cc3)c2)CC1. The molecule has 1 aliphatic rings. The zero-order valence-corrected chi connectivity index (χ0v) is 15.1. The molecule has 1 aliphatic heterocycles. The third-order valence-corrected chi connectivity index (χ3v) is 4.75. The highest BCUT2D eigenvalue weighted by Gasteiger charge is 2.21. The van der Waals surface area contributed by atoms with Crippen LogP contribution in [0.25, 0.3) is 0 Å². The monoisotopic (exact) mass is 356 g/mol. The molecule has 1 amide bonds. The normalized spacial score (nSPS) is 15.1. The van der Waals surface area contributed by atoms with E-state index >= 15 is 0 Å². The minimum Gasteiger partial charge on any atom is -0.370 e. The number of aromatic nitrogens is 1. The van der Waals surface area contributed by atoms with Gasteiger partial charge in [-0.1, -0.05) is 19.1 Å². The molecule has 0 aliphatic carbocycles. The van der Waals surface area contributed by atoms with Gasteiger partial charge in [-0.2, -0.15) is 0 Å². The van der Waals surface area contributed by atoms with Crippen LogP contribution in [-0.4, -0.2) is 60.0 Å². The van der Waals surface area contributed by atoms with Gasteiger partial charge in [-0.25, -0.2) is 9.37 Å². The lowest BCUT2D eigenvalue weighted by Gasteiger charge is -2.34. The molecule has 1 saturated heterocycles. The molecule has 26 heavy (non-hydrogen) atoms. The van der Waals surface area contributed by atoms with Crippen molar-refractivity contribution in [1.82, 2.24) is 14.8 Å². The Kier molecular flexibility index (Phi) is 6.17. The largest absolute Gasteiger partial charge is 0.370 e. The van der Waals surface area contributed by atoms with Crippen molar-refractivity contribution >= 4 is 11.7 Å². The second kappa shape index (κ2) is 8.76. The number of anilines is 1. The van der Waals surface area contributed by atoms with Gasteiger partial charge in [0.15, 0.2) is 0 Å². The van der Waals surface area contributed by atoms with E-state index in [1.807, 2.05) is 4.90 Å². The van der Waals surface area contributed by atoms with Crippen molar-refractivity contribution in [1.29, 1.82) is 0 Å². The average Bonchev–Trinajstić information content (AvgIpc) is 2.69. The Morgan fingerprint density at radius 2 is 1.88 bits per heavy atom. The highest BCUT2D eigenvalue weighted by molar-refractivity contribution is 5.94. The molecular weight excluding hydrogens is 331 g/mol. The fraction of sp³-hybridized carbons (Fsp3) is 0.400. The van der Waals surface area contributed by atoms with E-state index in [9.17, 15) is 9.18 Å². The van der Waals surface area contributed by atoms with Crippen LogP contribution in [0.1, 0.15) is 22.8 Å². The van der Waals surface area contributed by atoms with Crippen LogP contribution in [0.5, 0.6) is 0 Å². The van der Waals surface area contributed by atoms with E-state index in [1.54, 1.807) is 30.5 Å². The topological polar surface area (TPSA) is 48.5 Å². The number of benzene rings is 1. The van der Waals surface area contributed by atoms with Crippen molar-refractivity contribution in [2.75, 3.05) is 44.6 Å². The van der Waals surface area contributed by atoms with Gasteiger partial charge in [0.25, 0.3) is 5.91 Å². The minimum absolute atomic E-state index is 0.0599. The van der Waals surface area contributed by atoms with Gasteiger partial charge in [-0.15, -0.1) is 0 Å². The first-order chi connectivity index (χ1) is 12.7. The number of likely N-dealkylation sites (N-methyl/N-ethyl adjacent to an activating group) is 1. The van der Waals surface area contributed by atoms with Crippen LogP contribution < -0.4 is 5.32 Å². The highest BCUT2D eigenvalue weighted by atomic mass is 19.1. The molecule has 1 aromatic heterocycles. The first-order valence-electron chi connectivity index (χ1n) is 9.11. The lowest BCUT2D eigenvalue weighted by atomic mass is 10.1. The van der Waals surface area contributed by atoms with Gasteiger partial charge in [0.1, 0.15) is 11.6 Å². The Labute approximate surface area is 153 Å². The first-order valence-corrected chi connectivity index (χ1v) is 9.11. The number of amides is 1. The van der Waals surface area contributed by atoms with Crippen LogP contribution in [0.15, 0.2) is 42.6 Å². The molecule has 138 valence electrons. The molecule has 1 N–H and O–H groups in total. The number of halogens is 1. The lowest BCUT2D eigenvalue weighted by molar-refractivity contribution is 0.0643. The summed E-state index contributed by atoms with van der Waals surface area (Å²) in [7, 11) is 0. The van der Waals surface area contributed by atoms with E-state index < -0.39 is 0 Å². The van der Waals surface area contributed by atoms with Crippen molar-refractivity contribution in [2.24, 2.45) is 0 Å². The van der Waals surface area contributed by atoms with Crippen LogP contribution in [0.3, 0.4) is 0 Å². The zero-order valence-electron chi connectivity index (χ0n) is 15.1. The zero-order chi connectivity index (χ0) is 18.4. The fourth-order valence-electron chi connectivity index (χ4n) is 3.10. The molecule has 5 nitrogen and oxygen atoms in total. The van der Waals surface area contributed by atoms with Crippen LogP contribution in [0.4, 0.5) is 10.2 Å². The third-order valence-electron chi connectivity index (χ3n) is 4.75. The Bertz CT molecular complexity index is 727. The molecule has 6 heteroatoms. The molecule has 1 fully saturated rings. The van der Waals surface area contributed by atoms with Gasteiger partial charge < -0.3 is 15.1 Å². The lowest BCUT2D eigenvalue weighted by Crippen LogP contribution is -2.48. The third kappa shape index (κ3) is 4.79. The summed E-state index contributed by atoms with van der Waals surface area (Å²) in [6, 6.07) is 10.1. The van der Waals surface area contributed by atoms with Gasteiger partial charge in [0.05, 0.1) is 0 Å². The number of piperazine rings is 1. The molecule has 3 rings (SSSR count). The minimum atomic E-state index is -0.227. The van der Waals surface area contributed by atoms with Gasteiger partial charge in [-0.3, -0.25) is 4.79 Å². The predicted molar refractivity (Wildman–Crippen MR) is 101 cm³/mol. The van der Waals surface area contributed by atoms with Crippen LogP contribution in [-0.2, 0) is 6.42 Å². The standard InChI is InChI=1S/C20H25FN4O/c1-2-24-11-13-25(14-12-24)20(26)17-8-10-23-19(15-17)22-9-7-16-3-5-18(21)6-4-16/h3-6,8,10,15H,2,7,9,11-14H2,1H3,(H,22,23). The van der Waals surface area contributed by atoms with E-state index in [1.165, 1.54) is 12.1 Å². The molecule has 2 heterocycles. The summed E-state index contributed by atoms with van der Waals surface area (Å²) in [6.45, 7) is 7.23. The molecule has 0 atom stereocenters. The molecule has 0 saturated carbocycles. The predicted octanol–water partition coefficient (Wildman–Crippen LogP) is 2.65. The van der Waals surface area contributed by atoms with Crippen molar-refractivity contribution in [3.05, 3.63) is 59.5 Å². The molecule has 0 radical (unpaired) electrons. The number of carbonyl (C=O) groups is 1. The Hall–Kier alpha value is -2.47. The highest BCUT2D eigenvalue weighted by Crippen LogP contribution is 2.12. The van der Waals surface area contributed by atoms with E-state index in [4.69, 9.17) is 0 Å². The second-order valence-electron chi connectivity index (χ2n) is 6.46. The number of hydrogen-bond acceptors (Lipinski definition) is 4. The maximum atomic E-state index is 12.9. The summed E-state index contributed by atoms with van der Waals surface area (Å²) in [5.41, 5.74) is 1.72. The molecular formula is C20H25FN4O. The summed E-state index contributed by atoms with van der Waals surface area (Å²) in [5, 5.41) is 3.24. The van der Waals surface area contributed by atoms with Gasteiger partial charge in [0, 0.05) is 44.5 Å². The summed E-state index contributed by atoms with van der Waals surface area (Å²) < 4.78 is 12.9. The number of nitrogens with one attached hydrogen (secondary N) is 1. The molecule has 0 unspecified atom stereocenters. The Balaban J connectivity index is 1.54. The summed E-state index contributed by atoms with van der Waals surface area (Å²) in [5.74, 6) is 0.518. The smallest absolute Gasteiger partial charge is 0.254 e. The summed E-state index contributed by atoms with van der Waals surface area (Å²) in [6.07, 6.45) is 2.43. The van der Waals surface area contributed by atoms with E-state index in [0.29, 0.717) is 17.9 Å². The van der Waals surface area contributed by atoms with E-state index in [-0.39, 0.29) is 11.7 Å². The summed E-state index contributed by atoms with van der Waals surface area (Å²) >= 11 is 0. The van der Waals surface area contributed by atoms with Crippen LogP contribution in [0, 0.1) is 5.82 Å². The van der Waals surface area contributed by atoms with Gasteiger partial charge in [0.2, 0.25) is 0 Å².